The molecule has 0 bridgehead atoms. The Morgan fingerprint density at radius 1 is 1.15 bits per heavy atom. The predicted molar refractivity (Wildman–Crippen MR) is 126 cm³/mol. The van der Waals surface area contributed by atoms with Crippen LogP contribution in [0.2, 0.25) is 0 Å². The first-order chi connectivity index (χ1) is 16.0. The predicted octanol–water partition coefficient (Wildman–Crippen LogP) is 4.88. The zero-order valence-electron chi connectivity index (χ0n) is 19.3. The summed E-state index contributed by atoms with van der Waals surface area (Å²) < 4.78 is 18.2. The van der Waals surface area contributed by atoms with Crippen LogP contribution in [0.3, 0.4) is 0 Å². The van der Waals surface area contributed by atoms with Gasteiger partial charge >= 0.3 is 0 Å². The van der Waals surface area contributed by atoms with Gasteiger partial charge in [0.05, 0.1) is 25.2 Å². The monoisotopic (exact) mass is 471 g/mol. The van der Waals surface area contributed by atoms with Crippen molar-refractivity contribution in [3.8, 4) is 22.9 Å². The number of aromatic nitrogens is 4. The van der Waals surface area contributed by atoms with Crippen LogP contribution in [-0.2, 0) is 4.79 Å². The molecular formula is C23H29N5O4S. The number of hydrogen-bond acceptors (Lipinski definition) is 8. The van der Waals surface area contributed by atoms with Gasteiger partial charge in [-0.25, -0.2) is 0 Å². The van der Waals surface area contributed by atoms with Gasteiger partial charge in [-0.3, -0.25) is 14.7 Å². The zero-order chi connectivity index (χ0) is 23.4. The maximum Gasteiger partial charge on any atom is 0.240 e. The second-order valence-corrected chi connectivity index (χ2v) is 9.43. The van der Waals surface area contributed by atoms with Crippen molar-refractivity contribution in [1.82, 2.24) is 19.9 Å². The summed E-state index contributed by atoms with van der Waals surface area (Å²) in [4.78, 5) is 12.7. The molecule has 33 heavy (non-hydrogen) atoms. The highest BCUT2D eigenvalue weighted by atomic mass is 32.2. The van der Waals surface area contributed by atoms with Gasteiger partial charge in [-0.15, -0.1) is 10.2 Å². The number of thioether (sulfide) groups is 1. The molecule has 4 rings (SSSR count). The molecule has 1 amide bonds. The molecule has 1 aromatic carbocycles. The fourth-order valence-electron chi connectivity index (χ4n) is 4.06. The maximum absolute atomic E-state index is 12.7. The molecule has 1 unspecified atom stereocenters. The molecule has 1 atom stereocenters. The summed E-state index contributed by atoms with van der Waals surface area (Å²) in [7, 11) is 3.23. The highest BCUT2D eigenvalue weighted by Crippen LogP contribution is 2.38. The van der Waals surface area contributed by atoms with Crippen molar-refractivity contribution in [3.63, 3.8) is 0 Å². The van der Waals surface area contributed by atoms with Gasteiger partial charge in [0.1, 0.15) is 0 Å². The van der Waals surface area contributed by atoms with E-state index in [0.717, 1.165) is 29.4 Å². The Morgan fingerprint density at radius 3 is 2.58 bits per heavy atom. The largest absolute Gasteiger partial charge is 0.493 e. The summed E-state index contributed by atoms with van der Waals surface area (Å²) in [5.41, 5.74) is 1.61. The van der Waals surface area contributed by atoms with Crippen molar-refractivity contribution >= 4 is 23.6 Å². The van der Waals surface area contributed by atoms with Crippen LogP contribution in [0.25, 0.3) is 11.4 Å². The first-order valence-electron chi connectivity index (χ1n) is 11.1. The van der Waals surface area contributed by atoms with Crippen LogP contribution in [0.5, 0.6) is 11.5 Å². The van der Waals surface area contributed by atoms with Gasteiger partial charge in [-0.05, 0) is 44.9 Å². The van der Waals surface area contributed by atoms with E-state index >= 15 is 0 Å². The van der Waals surface area contributed by atoms with Crippen LogP contribution >= 0.6 is 11.8 Å². The Balaban J connectivity index is 1.63. The molecule has 1 aliphatic carbocycles. The van der Waals surface area contributed by atoms with Gasteiger partial charge in [-0.1, -0.05) is 36.2 Å². The van der Waals surface area contributed by atoms with Crippen LogP contribution < -0.4 is 14.8 Å². The molecule has 10 heteroatoms. The summed E-state index contributed by atoms with van der Waals surface area (Å²) in [6.45, 7) is 3.65. The molecular weight excluding hydrogens is 442 g/mol. The van der Waals surface area contributed by atoms with Crippen LogP contribution in [0.1, 0.15) is 50.8 Å². The van der Waals surface area contributed by atoms with E-state index < -0.39 is 5.25 Å². The molecule has 176 valence electrons. The van der Waals surface area contributed by atoms with Crippen LogP contribution in [0.4, 0.5) is 5.88 Å². The number of carbonyl (C=O) groups is 1. The third kappa shape index (κ3) is 5.16. The molecule has 0 spiro atoms. The van der Waals surface area contributed by atoms with E-state index in [-0.39, 0.29) is 11.9 Å². The Kier molecular flexibility index (Phi) is 7.22. The van der Waals surface area contributed by atoms with Gasteiger partial charge < -0.3 is 14.0 Å². The van der Waals surface area contributed by atoms with E-state index in [2.05, 4.69) is 25.2 Å². The molecule has 3 aromatic rings. The molecule has 2 aromatic heterocycles. The van der Waals surface area contributed by atoms with Gasteiger partial charge in [0.2, 0.25) is 11.8 Å². The van der Waals surface area contributed by atoms with E-state index in [9.17, 15) is 4.79 Å². The summed E-state index contributed by atoms with van der Waals surface area (Å²) >= 11 is 1.39. The van der Waals surface area contributed by atoms with E-state index in [1.165, 1.54) is 31.0 Å². The SMILES string of the molecule is COc1ccc(-c2nnc(SC(C)C(=O)Nc3cc(C)no3)n2C2CCCCC2)cc1OC. The Labute approximate surface area is 197 Å². The summed E-state index contributed by atoms with van der Waals surface area (Å²) in [5.74, 6) is 2.22. The van der Waals surface area contributed by atoms with Crippen molar-refractivity contribution in [3.05, 3.63) is 30.0 Å². The lowest BCUT2D eigenvalue weighted by Crippen LogP contribution is -2.23. The highest BCUT2D eigenvalue weighted by Gasteiger charge is 2.27. The quantitative estimate of drug-likeness (QED) is 0.463. The van der Waals surface area contributed by atoms with Gasteiger partial charge in [0.15, 0.2) is 22.5 Å². The smallest absolute Gasteiger partial charge is 0.240 e. The summed E-state index contributed by atoms with van der Waals surface area (Å²) in [6.07, 6.45) is 5.69. The molecule has 0 saturated heterocycles. The fraction of sp³-hybridized carbons (Fsp3) is 0.478. The third-order valence-corrected chi connectivity index (χ3v) is 6.83. The minimum Gasteiger partial charge on any atom is -0.493 e. The van der Waals surface area contributed by atoms with Crippen molar-refractivity contribution in [2.45, 2.75) is 62.4 Å². The van der Waals surface area contributed by atoms with Crippen molar-refractivity contribution in [2.24, 2.45) is 0 Å². The van der Waals surface area contributed by atoms with Gasteiger partial charge in [-0.2, -0.15) is 0 Å². The molecule has 1 aliphatic rings. The van der Waals surface area contributed by atoms with E-state index in [0.29, 0.717) is 23.1 Å². The van der Waals surface area contributed by atoms with Crippen molar-refractivity contribution in [2.75, 3.05) is 19.5 Å². The van der Waals surface area contributed by atoms with Crippen LogP contribution in [0, 0.1) is 6.92 Å². The molecule has 0 radical (unpaired) electrons. The molecule has 1 N–H and O–H groups in total. The lowest BCUT2D eigenvalue weighted by molar-refractivity contribution is -0.115. The number of rotatable bonds is 8. The number of methoxy groups -OCH3 is 2. The first-order valence-corrected chi connectivity index (χ1v) is 12.0. The van der Waals surface area contributed by atoms with Crippen molar-refractivity contribution in [1.29, 1.82) is 0 Å². The minimum atomic E-state index is -0.403. The number of amides is 1. The lowest BCUT2D eigenvalue weighted by atomic mass is 9.95. The number of carbonyl (C=O) groups excluding carboxylic acids is 1. The minimum absolute atomic E-state index is 0.179. The number of hydrogen-bond donors (Lipinski definition) is 1. The summed E-state index contributed by atoms with van der Waals surface area (Å²) in [5, 5.41) is 15.9. The number of anilines is 1. The standard InChI is InChI=1S/C23H29N5O4S/c1-14-12-20(32-27-14)24-22(29)15(2)33-23-26-25-21(28(23)17-8-6-5-7-9-17)16-10-11-18(30-3)19(13-16)31-4/h10-13,15,17H,5-9H2,1-4H3,(H,24,29). The molecule has 2 heterocycles. The highest BCUT2D eigenvalue weighted by molar-refractivity contribution is 8.00. The summed E-state index contributed by atoms with van der Waals surface area (Å²) in [6, 6.07) is 7.72. The number of ether oxygens (including phenoxy) is 2. The zero-order valence-corrected chi connectivity index (χ0v) is 20.1. The number of nitrogens with zero attached hydrogens (tertiary/aromatic N) is 4. The first kappa shape index (κ1) is 23.2. The van der Waals surface area contributed by atoms with E-state index in [4.69, 9.17) is 14.0 Å². The van der Waals surface area contributed by atoms with Crippen LogP contribution in [0.15, 0.2) is 33.9 Å². The maximum atomic E-state index is 12.7. The van der Waals surface area contributed by atoms with E-state index in [1.807, 2.05) is 25.1 Å². The Hall–Kier alpha value is -3.01. The van der Waals surface area contributed by atoms with E-state index in [1.54, 1.807) is 27.2 Å². The average Bonchev–Trinajstić information content (AvgIpc) is 3.44. The average molecular weight is 472 g/mol. The topological polar surface area (TPSA) is 104 Å². The Morgan fingerprint density at radius 2 is 1.91 bits per heavy atom. The lowest BCUT2D eigenvalue weighted by Gasteiger charge is -2.26. The van der Waals surface area contributed by atoms with Gasteiger partial charge in [0, 0.05) is 17.7 Å². The normalized spacial score (nSPS) is 15.3. The number of nitrogens with one attached hydrogen (secondary N) is 1. The number of aryl methyl sites for hydroxylation is 1. The second kappa shape index (κ2) is 10.3. The van der Waals surface area contributed by atoms with Gasteiger partial charge in [0.25, 0.3) is 0 Å². The van der Waals surface area contributed by atoms with Crippen LogP contribution in [-0.4, -0.2) is 45.3 Å². The fourth-order valence-corrected chi connectivity index (χ4v) is 4.97. The Bertz CT molecular complexity index is 1110. The number of benzene rings is 1. The second-order valence-electron chi connectivity index (χ2n) is 8.12. The molecule has 1 saturated carbocycles. The third-order valence-electron chi connectivity index (χ3n) is 5.77. The van der Waals surface area contributed by atoms with Crippen molar-refractivity contribution < 1.29 is 18.8 Å². The molecule has 9 nitrogen and oxygen atoms in total. The molecule has 1 fully saturated rings. The molecule has 0 aliphatic heterocycles.